The summed E-state index contributed by atoms with van der Waals surface area (Å²) in [5.41, 5.74) is 1.08. The van der Waals surface area contributed by atoms with E-state index in [1.54, 1.807) is 36.4 Å². The zero-order valence-corrected chi connectivity index (χ0v) is 17.1. The summed E-state index contributed by atoms with van der Waals surface area (Å²) in [5, 5.41) is 2.68. The van der Waals surface area contributed by atoms with E-state index < -0.39 is 5.91 Å². The van der Waals surface area contributed by atoms with Crippen molar-refractivity contribution in [3.63, 3.8) is 0 Å². The van der Waals surface area contributed by atoms with Gasteiger partial charge in [-0.15, -0.1) is 0 Å². The number of amides is 4. The Bertz CT molecular complexity index is 1020. The van der Waals surface area contributed by atoms with Gasteiger partial charge in [-0.1, -0.05) is 0 Å². The third-order valence-electron chi connectivity index (χ3n) is 6.78. The first-order valence-electron chi connectivity index (χ1n) is 10.5. The highest BCUT2D eigenvalue weighted by Crippen LogP contribution is 2.56. The molecule has 5 rings (SSSR count). The van der Waals surface area contributed by atoms with Crippen molar-refractivity contribution < 1.29 is 23.6 Å². The molecule has 2 heterocycles. The smallest absolute Gasteiger partial charge is 0.295 e. The van der Waals surface area contributed by atoms with Gasteiger partial charge in [-0.05, 0) is 67.5 Å². The molecule has 31 heavy (non-hydrogen) atoms. The molecule has 8 heteroatoms. The lowest BCUT2D eigenvalue weighted by atomic mass is 9.81. The molecule has 1 aromatic heterocycles. The van der Waals surface area contributed by atoms with Crippen molar-refractivity contribution >= 4 is 35.0 Å². The summed E-state index contributed by atoms with van der Waals surface area (Å²) in [6.07, 6.45) is 4.36. The van der Waals surface area contributed by atoms with Crippen LogP contribution in [0.3, 0.4) is 0 Å². The number of nitrogens with zero attached hydrogens (tertiary/aromatic N) is 2. The van der Waals surface area contributed by atoms with Gasteiger partial charge in [-0.25, -0.2) is 0 Å². The SMILES string of the molecule is CC(=O)Nc1ccc(N(CN2C(=O)[C@@H]3[C@@H]4CC[C@@H](C4)[C@@H]3C2=O)C(=O)c2ccco2)cc1. The largest absolute Gasteiger partial charge is 0.459 e. The first kappa shape index (κ1) is 19.5. The van der Waals surface area contributed by atoms with E-state index in [2.05, 4.69) is 5.32 Å². The van der Waals surface area contributed by atoms with E-state index in [-0.39, 0.29) is 53.8 Å². The van der Waals surface area contributed by atoms with Gasteiger partial charge in [0.2, 0.25) is 17.7 Å². The van der Waals surface area contributed by atoms with Crippen LogP contribution < -0.4 is 10.2 Å². The van der Waals surface area contributed by atoms with Crippen molar-refractivity contribution in [2.24, 2.45) is 23.7 Å². The summed E-state index contributed by atoms with van der Waals surface area (Å²) in [5.74, 6) is -0.800. The third-order valence-corrected chi connectivity index (χ3v) is 6.78. The average Bonchev–Trinajstić information content (AvgIpc) is 3.53. The third kappa shape index (κ3) is 3.22. The van der Waals surface area contributed by atoms with Crippen LogP contribution >= 0.6 is 0 Å². The number of likely N-dealkylation sites (tertiary alicyclic amines) is 1. The van der Waals surface area contributed by atoms with E-state index in [0.717, 1.165) is 19.3 Å². The van der Waals surface area contributed by atoms with Crippen LogP contribution in [0.2, 0.25) is 0 Å². The summed E-state index contributed by atoms with van der Waals surface area (Å²) in [6, 6.07) is 9.83. The fourth-order valence-corrected chi connectivity index (χ4v) is 5.48. The summed E-state index contributed by atoms with van der Waals surface area (Å²) < 4.78 is 5.27. The molecule has 2 aliphatic carbocycles. The van der Waals surface area contributed by atoms with Crippen molar-refractivity contribution in [2.75, 3.05) is 16.9 Å². The van der Waals surface area contributed by atoms with E-state index >= 15 is 0 Å². The molecule has 0 spiro atoms. The van der Waals surface area contributed by atoms with Crippen molar-refractivity contribution in [3.8, 4) is 0 Å². The molecule has 2 aromatic rings. The number of hydrogen-bond acceptors (Lipinski definition) is 5. The second kappa shape index (κ2) is 7.37. The predicted molar refractivity (Wildman–Crippen MR) is 111 cm³/mol. The second-order valence-electron chi connectivity index (χ2n) is 8.57. The zero-order valence-electron chi connectivity index (χ0n) is 17.1. The first-order chi connectivity index (χ1) is 14.9. The summed E-state index contributed by atoms with van der Waals surface area (Å²) in [4.78, 5) is 53.3. The van der Waals surface area contributed by atoms with Gasteiger partial charge >= 0.3 is 0 Å². The summed E-state index contributed by atoms with van der Waals surface area (Å²) in [6.45, 7) is 1.25. The monoisotopic (exact) mass is 421 g/mol. The number of fused-ring (bicyclic) bond motifs is 5. The molecule has 160 valence electrons. The van der Waals surface area contributed by atoms with E-state index in [4.69, 9.17) is 4.42 Å². The number of anilines is 2. The molecule has 3 fully saturated rings. The predicted octanol–water partition coefficient (Wildman–Crippen LogP) is 2.87. The van der Waals surface area contributed by atoms with Crippen molar-refractivity contribution in [1.82, 2.24) is 4.90 Å². The number of nitrogens with one attached hydrogen (secondary N) is 1. The van der Waals surface area contributed by atoms with E-state index in [1.807, 2.05) is 0 Å². The Morgan fingerprint density at radius 2 is 1.71 bits per heavy atom. The molecule has 8 nitrogen and oxygen atoms in total. The van der Waals surface area contributed by atoms with E-state index in [0.29, 0.717) is 11.4 Å². The Kier molecular flexibility index (Phi) is 4.64. The highest BCUT2D eigenvalue weighted by Gasteiger charge is 2.61. The number of hydrogen-bond donors (Lipinski definition) is 1. The van der Waals surface area contributed by atoms with Gasteiger partial charge in [0.05, 0.1) is 18.1 Å². The van der Waals surface area contributed by atoms with Crippen LogP contribution in [-0.2, 0) is 14.4 Å². The number of carbonyl (C=O) groups excluding carboxylic acids is 4. The van der Waals surface area contributed by atoms with Gasteiger partial charge in [0.15, 0.2) is 5.76 Å². The van der Waals surface area contributed by atoms with Crippen LogP contribution in [0.5, 0.6) is 0 Å². The van der Waals surface area contributed by atoms with Crippen LogP contribution in [-0.4, -0.2) is 35.2 Å². The highest BCUT2D eigenvalue weighted by atomic mass is 16.3. The maximum absolute atomic E-state index is 13.2. The quantitative estimate of drug-likeness (QED) is 0.749. The van der Waals surface area contributed by atoms with E-state index in [1.165, 1.54) is 23.0 Å². The number of benzene rings is 1. The van der Waals surface area contributed by atoms with Crippen LogP contribution in [0.25, 0.3) is 0 Å². The zero-order chi connectivity index (χ0) is 21.7. The Morgan fingerprint density at radius 1 is 1.06 bits per heavy atom. The Labute approximate surface area is 179 Å². The number of carbonyl (C=O) groups is 4. The summed E-state index contributed by atoms with van der Waals surface area (Å²) >= 11 is 0. The molecule has 1 N–H and O–H groups in total. The molecule has 3 aliphatic rings. The van der Waals surface area contributed by atoms with E-state index in [9.17, 15) is 19.2 Å². The van der Waals surface area contributed by atoms with Gasteiger partial charge in [0.25, 0.3) is 5.91 Å². The Balaban J connectivity index is 1.44. The number of furan rings is 1. The standard InChI is InChI=1S/C23H23N3O5/c1-13(27)24-16-6-8-17(9-7-16)25(21(28)18-3-2-10-31-18)12-26-22(29)19-14-4-5-15(11-14)20(19)23(26)30/h2-3,6-10,14-15,19-20H,4-5,11-12H2,1H3,(H,24,27)/t14-,15+,19-,20+. The maximum atomic E-state index is 13.2. The minimum Gasteiger partial charge on any atom is -0.459 e. The average molecular weight is 421 g/mol. The lowest BCUT2D eigenvalue weighted by Crippen LogP contribution is -2.45. The molecule has 1 aromatic carbocycles. The minimum atomic E-state index is -0.446. The molecular weight excluding hydrogens is 398 g/mol. The normalized spacial score (nSPS) is 26.3. The van der Waals surface area contributed by atoms with Crippen LogP contribution in [0.15, 0.2) is 47.1 Å². The van der Waals surface area contributed by atoms with Gasteiger partial charge in [-0.2, -0.15) is 0 Å². The fourth-order valence-electron chi connectivity index (χ4n) is 5.48. The molecule has 2 bridgehead atoms. The second-order valence-corrected chi connectivity index (χ2v) is 8.57. The molecule has 2 saturated carbocycles. The van der Waals surface area contributed by atoms with Crippen LogP contribution in [0.4, 0.5) is 11.4 Å². The molecule has 4 atom stereocenters. The first-order valence-corrected chi connectivity index (χ1v) is 10.5. The number of imide groups is 1. The number of rotatable bonds is 5. The maximum Gasteiger partial charge on any atom is 0.295 e. The Morgan fingerprint density at radius 3 is 2.26 bits per heavy atom. The lowest BCUT2D eigenvalue weighted by molar-refractivity contribution is -0.140. The minimum absolute atomic E-state index is 0.116. The molecule has 1 saturated heterocycles. The summed E-state index contributed by atoms with van der Waals surface area (Å²) in [7, 11) is 0. The van der Waals surface area contributed by atoms with Crippen molar-refractivity contribution in [3.05, 3.63) is 48.4 Å². The topological polar surface area (TPSA) is 99.9 Å². The van der Waals surface area contributed by atoms with Crippen LogP contribution in [0, 0.1) is 23.7 Å². The van der Waals surface area contributed by atoms with Crippen molar-refractivity contribution in [1.29, 1.82) is 0 Å². The lowest BCUT2D eigenvalue weighted by Gasteiger charge is -2.27. The highest BCUT2D eigenvalue weighted by molar-refractivity contribution is 6.09. The van der Waals surface area contributed by atoms with Crippen LogP contribution in [0.1, 0.15) is 36.7 Å². The van der Waals surface area contributed by atoms with Gasteiger partial charge in [-0.3, -0.25) is 29.0 Å². The van der Waals surface area contributed by atoms with Crippen molar-refractivity contribution in [2.45, 2.75) is 26.2 Å². The molecule has 1 aliphatic heterocycles. The molecule has 0 unspecified atom stereocenters. The molecular formula is C23H23N3O5. The molecule has 4 amide bonds. The van der Waals surface area contributed by atoms with Gasteiger partial charge in [0, 0.05) is 18.3 Å². The molecule has 0 radical (unpaired) electrons. The van der Waals surface area contributed by atoms with Gasteiger partial charge < -0.3 is 9.73 Å². The fraction of sp³-hybridized carbons (Fsp3) is 0.391. The van der Waals surface area contributed by atoms with Gasteiger partial charge in [0.1, 0.15) is 6.67 Å². The Hall–Kier alpha value is -3.42.